The molecular weight excluding hydrogens is 316 g/mol. The van der Waals surface area contributed by atoms with E-state index >= 15 is 0 Å². The smallest absolute Gasteiger partial charge is 0.0981 e. The molecule has 2 heterocycles. The van der Waals surface area contributed by atoms with Crippen LogP contribution < -0.4 is 0 Å². The van der Waals surface area contributed by atoms with Crippen molar-refractivity contribution in [2.75, 3.05) is 0 Å². The highest BCUT2D eigenvalue weighted by Gasteiger charge is 2.52. The summed E-state index contributed by atoms with van der Waals surface area (Å²) in [6, 6.07) is 27.7. The number of hydrogen-bond donors (Lipinski definition) is 0. The first-order valence-electron chi connectivity index (χ1n) is 9.19. The second-order valence-electron chi connectivity index (χ2n) is 7.20. The number of ether oxygens (including phenoxy) is 1. The van der Waals surface area contributed by atoms with Gasteiger partial charge < -0.3 is 4.74 Å². The van der Waals surface area contributed by atoms with Crippen molar-refractivity contribution in [1.29, 1.82) is 0 Å². The third-order valence-electron chi connectivity index (χ3n) is 5.56. The molecule has 2 aliphatic heterocycles. The molecule has 4 atom stereocenters. The maximum atomic E-state index is 6.44. The standard InChI is InChI=1S/C25H20O/c1-17-11-14-19(15-12-17)23-22(16-13-18-7-3-2-4-8-18)24-20-9-5-6-10-21(20)25(23)26-24/h2-12,14-15,22-25H,1H3/t22-,23+,24+,25-/m1/s1. The molecule has 0 amide bonds. The summed E-state index contributed by atoms with van der Waals surface area (Å²) in [4.78, 5) is 0. The number of hydrogen-bond acceptors (Lipinski definition) is 1. The fourth-order valence-electron chi connectivity index (χ4n) is 4.29. The molecule has 1 nitrogen and oxygen atoms in total. The van der Waals surface area contributed by atoms with Gasteiger partial charge >= 0.3 is 0 Å². The summed E-state index contributed by atoms with van der Waals surface area (Å²) in [5, 5.41) is 0. The molecule has 1 saturated heterocycles. The zero-order valence-electron chi connectivity index (χ0n) is 14.7. The number of rotatable bonds is 1. The average molecular weight is 336 g/mol. The average Bonchev–Trinajstić information content (AvgIpc) is 3.25. The van der Waals surface area contributed by atoms with Gasteiger partial charge in [-0.1, -0.05) is 84.1 Å². The first kappa shape index (κ1) is 15.4. The molecule has 0 aliphatic carbocycles. The summed E-state index contributed by atoms with van der Waals surface area (Å²) in [7, 11) is 0. The SMILES string of the molecule is Cc1ccc([C@H]2[C@@H](C#Cc3ccccc3)[C@H]3O[C@@H]2c2ccccc23)cc1. The number of aryl methyl sites for hydroxylation is 1. The molecule has 3 aromatic carbocycles. The van der Waals surface area contributed by atoms with Gasteiger partial charge in [0.2, 0.25) is 0 Å². The van der Waals surface area contributed by atoms with E-state index in [1.165, 1.54) is 22.3 Å². The summed E-state index contributed by atoms with van der Waals surface area (Å²) in [5.41, 5.74) is 6.32. The Hall–Kier alpha value is -2.82. The zero-order chi connectivity index (χ0) is 17.5. The lowest BCUT2D eigenvalue weighted by Crippen LogP contribution is -2.19. The molecule has 26 heavy (non-hydrogen) atoms. The fraction of sp³-hybridized carbons (Fsp3) is 0.200. The van der Waals surface area contributed by atoms with Crippen LogP contribution in [-0.4, -0.2) is 0 Å². The maximum Gasteiger partial charge on any atom is 0.0981 e. The van der Waals surface area contributed by atoms with Crippen molar-refractivity contribution in [3.63, 3.8) is 0 Å². The highest BCUT2D eigenvalue weighted by atomic mass is 16.5. The minimum Gasteiger partial charge on any atom is -0.364 e. The summed E-state index contributed by atoms with van der Waals surface area (Å²) in [6.45, 7) is 2.13. The van der Waals surface area contributed by atoms with Crippen molar-refractivity contribution in [2.24, 2.45) is 5.92 Å². The third-order valence-corrected chi connectivity index (χ3v) is 5.56. The van der Waals surface area contributed by atoms with Crippen LogP contribution in [0.1, 0.15) is 45.9 Å². The van der Waals surface area contributed by atoms with Gasteiger partial charge in [-0.05, 0) is 35.7 Å². The summed E-state index contributed by atoms with van der Waals surface area (Å²) in [5.74, 6) is 7.40. The van der Waals surface area contributed by atoms with E-state index in [1.54, 1.807) is 0 Å². The Morgan fingerprint density at radius 1 is 0.731 bits per heavy atom. The predicted octanol–water partition coefficient (Wildman–Crippen LogP) is 5.57. The summed E-state index contributed by atoms with van der Waals surface area (Å²) >= 11 is 0. The van der Waals surface area contributed by atoms with E-state index in [2.05, 4.69) is 79.4 Å². The number of benzene rings is 3. The molecule has 2 aliphatic rings. The normalized spacial score (nSPS) is 25.4. The molecule has 0 saturated carbocycles. The Kier molecular flexibility index (Phi) is 3.66. The van der Waals surface area contributed by atoms with Crippen LogP contribution in [0, 0.1) is 24.7 Å². The highest BCUT2D eigenvalue weighted by Crippen LogP contribution is 2.60. The fourth-order valence-corrected chi connectivity index (χ4v) is 4.29. The maximum absolute atomic E-state index is 6.44. The molecule has 126 valence electrons. The lowest BCUT2D eigenvalue weighted by atomic mass is 9.73. The summed E-state index contributed by atoms with van der Waals surface area (Å²) in [6.07, 6.45) is 0.174. The Labute approximate surface area is 154 Å². The van der Waals surface area contributed by atoms with E-state index in [-0.39, 0.29) is 24.0 Å². The van der Waals surface area contributed by atoms with E-state index in [1.807, 2.05) is 18.2 Å². The van der Waals surface area contributed by atoms with Crippen molar-refractivity contribution in [2.45, 2.75) is 25.0 Å². The van der Waals surface area contributed by atoms with Gasteiger partial charge in [0.15, 0.2) is 0 Å². The zero-order valence-corrected chi connectivity index (χ0v) is 14.7. The molecular formula is C25H20O. The van der Waals surface area contributed by atoms with Crippen LogP contribution in [0.2, 0.25) is 0 Å². The lowest BCUT2D eigenvalue weighted by Gasteiger charge is -2.26. The molecule has 0 aromatic heterocycles. The van der Waals surface area contributed by atoms with E-state index in [4.69, 9.17) is 4.74 Å². The highest BCUT2D eigenvalue weighted by molar-refractivity contribution is 5.47. The molecule has 1 fully saturated rings. The minimum absolute atomic E-state index is 0.0683. The van der Waals surface area contributed by atoms with Crippen molar-refractivity contribution < 1.29 is 4.74 Å². The Morgan fingerprint density at radius 2 is 1.38 bits per heavy atom. The van der Waals surface area contributed by atoms with Gasteiger partial charge in [0, 0.05) is 11.5 Å². The molecule has 0 unspecified atom stereocenters. The summed E-state index contributed by atoms with van der Waals surface area (Å²) < 4.78 is 6.44. The van der Waals surface area contributed by atoms with Gasteiger partial charge in [-0.3, -0.25) is 0 Å². The molecule has 0 radical (unpaired) electrons. The topological polar surface area (TPSA) is 9.23 Å². The van der Waals surface area contributed by atoms with Crippen LogP contribution in [0.15, 0.2) is 78.9 Å². The van der Waals surface area contributed by atoms with Crippen LogP contribution in [-0.2, 0) is 4.74 Å². The van der Waals surface area contributed by atoms with Crippen molar-refractivity contribution >= 4 is 0 Å². The van der Waals surface area contributed by atoms with E-state index in [0.29, 0.717) is 0 Å². The van der Waals surface area contributed by atoms with Gasteiger partial charge in [-0.2, -0.15) is 0 Å². The van der Waals surface area contributed by atoms with Crippen LogP contribution >= 0.6 is 0 Å². The Balaban J connectivity index is 1.59. The molecule has 2 bridgehead atoms. The second-order valence-corrected chi connectivity index (χ2v) is 7.20. The Bertz CT molecular complexity index is 992. The molecule has 3 aromatic rings. The van der Waals surface area contributed by atoms with E-state index in [9.17, 15) is 0 Å². The molecule has 5 rings (SSSR count). The lowest BCUT2D eigenvalue weighted by molar-refractivity contribution is 0.0627. The van der Waals surface area contributed by atoms with Crippen molar-refractivity contribution in [3.05, 3.63) is 107 Å². The number of fused-ring (bicyclic) bond motifs is 5. The van der Waals surface area contributed by atoms with E-state index in [0.717, 1.165) is 5.56 Å². The monoisotopic (exact) mass is 336 g/mol. The van der Waals surface area contributed by atoms with Gasteiger partial charge in [0.05, 0.1) is 18.1 Å². The third kappa shape index (κ3) is 2.46. The van der Waals surface area contributed by atoms with Crippen LogP contribution in [0.4, 0.5) is 0 Å². The quantitative estimate of drug-likeness (QED) is 0.528. The van der Waals surface area contributed by atoms with Crippen LogP contribution in [0.5, 0.6) is 0 Å². The van der Waals surface area contributed by atoms with Crippen molar-refractivity contribution in [1.82, 2.24) is 0 Å². The van der Waals surface area contributed by atoms with E-state index < -0.39 is 0 Å². The first-order valence-corrected chi connectivity index (χ1v) is 9.19. The Morgan fingerprint density at radius 3 is 2.12 bits per heavy atom. The van der Waals surface area contributed by atoms with Gasteiger partial charge in [-0.15, -0.1) is 0 Å². The van der Waals surface area contributed by atoms with Crippen LogP contribution in [0.25, 0.3) is 0 Å². The van der Waals surface area contributed by atoms with Crippen molar-refractivity contribution in [3.8, 4) is 11.8 Å². The molecule has 0 N–H and O–H groups in total. The van der Waals surface area contributed by atoms with Gasteiger partial charge in [0.25, 0.3) is 0 Å². The minimum atomic E-state index is 0.0683. The van der Waals surface area contributed by atoms with Crippen LogP contribution in [0.3, 0.4) is 0 Å². The predicted molar refractivity (Wildman–Crippen MR) is 104 cm³/mol. The van der Waals surface area contributed by atoms with Gasteiger partial charge in [0.1, 0.15) is 0 Å². The molecule has 0 spiro atoms. The van der Waals surface area contributed by atoms with Gasteiger partial charge in [-0.25, -0.2) is 0 Å². The largest absolute Gasteiger partial charge is 0.364 e. The molecule has 1 heteroatoms. The first-order chi connectivity index (χ1) is 12.8. The second kappa shape index (κ2) is 6.16.